The van der Waals surface area contributed by atoms with Gasteiger partial charge >= 0.3 is 0 Å². The summed E-state index contributed by atoms with van der Waals surface area (Å²) in [6.07, 6.45) is 5.48. The van der Waals surface area contributed by atoms with E-state index < -0.39 is 0 Å². The van der Waals surface area contributed by atoms with Crippen LogP contribution in [0, 0.1) is 5.92 Å². The SMILES string of the molecule is COC1CCN(CC(C)(N)C2CC2)CC1. The largest absolute Gasteiger partial charge is 0.381 e. The van der Waals surface area contributed by atoms with E-state index in [-0.39, 0.29) is 5.54 Å². The maximum Gasteiger partial charge on any atom is 0.0595 e. The Morgan fingerprint density at radius 3 is 2.33 bits per heavy atom. The number of rotatable bonds is 4. The second-order valence-electron chi connectivity index (χ2n) is 5.49. The number of hydrogen-bond acceptors (Lipinski definition) is 3. The van der Waals surface area contributed by atoms with Crippen LogP contribution < -0.4 is 5.73 Å². The standard InChI is InChI=1S/C12H24N2O/c1-12(13,10-3-4-10)9-14-7-5-11(15-2)6-8-14/h10-11H,3-9,13H2,1-2H3. The molecule has 0 bridgehead atoms. The highest BCUT2D eigenvalue weighted by Crippen LogP contribution is 2.38. The highest BCUT2D eigenvalue weighted by Gasteiger charge is 2.39. The molecule has 0 amide bonds. The summed E-state index contributed by atoms with van der Waals surface area (Å²) in [6.45, 7) is 5.58. The minimum absolute atomic E-state index is 0.0416. The molecule has 0 aromatic rings. The highest BCUT2D eigenvalue weighted by atomic mass is 16.5. The van der Waals surface area contributed by atoms with E-state index in [0.717, 1.165) is 38.4 Å². The average molecular weight is 212 g/mol. The number of likely N-dealkylation sites (tertiary alicyclic amines) is 1. The molecular formula is C12H24N2O. The molecule has 1 aliphatic carbocycles. The first-order chi connectivity index (χ1) is 7.12. The second kappa shape index (κ2) is 4.40. The summed E-state index contributed by atoms with van der Waals surface area (Å²) >= 11 is 0. The Bertz CT molecular complexity index is 206. The van der Waals surface area contributed by atoms with Crippen molar-refractivity contribution in [1.82, 2.24) is 4.90 Å². The van der Waals surface area contributed by atoms with Crippen LogP contribution >= 0.6 is 0 Å². The molecule has 2 aliphatic rings. The molecule has 3 nitrogen and oxygen atoms in total. The van der Waals surface area contributed by atoms with E-state index in [1.165, 1.54) is 12.8 Å². The van der Waals surface area contributed by atoms with E-state index in [4.69, 9.17) is 10.5 Å². The van der Waals surface area contributed by atoms with Crippen molar-refractivity contribution in [2.24, 2.45) is 11.7 Å². The number of nitrogens with zero attached hydrogens (tertiary/aromatic N) is 1. The van der Waals surface area contributed by atoms with Gasteiger partial charge in [-0.1, -0.05) is 0 Å². The van der Waals surface area contributed by atoms with Gasteiger partial charge < -0.3 is 15.4 Å². The van der Waals surface area contributed by atoms with E-state index in [9.17, 15) is 0 Å². The molecule has 2 N–H and O–H groups in total. The molecule has 1 unspecified atom stereocenters. The Labute approximate surface area is 93.0 Å². The molecule has 1 saturated heterocycles. The molecule has 88 valence electrons. The predicted molar refractivity (Wildman–Crippen MR) is 61.8 cm³/mol. The third kappa shape index (κ3) is 2.92. The molecule has 0 aromatic heterocycles. The van der Waals surface area contributed by atoms with Crippen LogP contribution in [-0.2, 0) is 4.74 Å². The van der Waals surface area contributed by atoms with Crippen molar-refractivity contribution in [3.05, 3.63) is 0 Å². The summed E-state index contributed by atoms with van der Waals surface area (Å²) in [6, 6.07) is 0. The molecule has 1 saturated carbocycles. The van der Waals surface area contributed by atoms with Gasteiger partial charge in [0.2, 0.25) is 0 Å². The fourth-order valence-electron chi connectivity index (χ4n) is 2.66. The monoisotopic (exact) mass is 212 g/mol. The zero-order valence-electron chi connectivity index (χ0n) is 10.0. The van der Waals surface area contributed by atoms with Crippen molar-refractivity contribution in [1.29, 1.82) is 0 Å². The molecule has 3 heteroatoms. The van der Waals surface area contributed by atoms with Crippen molar-refractivity contribution >= 4 is 0 Å². The van der Waals surface area contributed by atoms with Gasteiger partial charge in [0.05, 0.1) is 6.10 Å². The molecule has 0 aromatic carbocycles. The normalized spacial score (nSPS) is 29.0. The zero-order valence-corrected chi connectivity index (χ0v) is 10.0. The van der Waals surface area contributed by atoms with Gasteiger partial charge in [0.25, 0.3) is 0 Å². The second-order valence-corrected chi connectivity index (χ2v) is 5.49. The predicted octanol–water partition coefficient (Wildman–Crippen LogP) is 1.22. The first-order valence-corrected chi connectivity index (χ1v) is 6.16. The fourth-order valence-corrected chi connectivity index (χ4v) is 2.66. The van der Waals surface area contributed by atoms with Crippen molar-refractivity contribution in [3.63, 3.8) is 0 Å². The molecule has 1 heterocycles. The van der Waals surface area contributed by atoms with Gasteiger partial charge in [-0.15, -0.1) is 0 Å². The Morgan fingerprint density at radius 1 is 1.27 bits per heavy atom. The number of hydrogen-bond donors (Lipinski definition) is 1. The Hall–Kier alpha value is -0.120. The summed E-state index contributed by atoms with van der Waals surface area (Å²) in [5.74, 6) is 0.776. The van der Waals surface area contributed by atoms with Crippen LogP contribution in [-0.4, -0.2) is 43.3 Å². The van der Waals surface area contributed by atoms with Crippen LogP contribution in [0.4, 0.5) is 0 Å². The van der Waals surface area contributed by atoms with Gasteiger partial charge in [0.1, 0.15) is 0 Å². The Kier molecular flexibility index (Phi) is 3.33. The van der Waals surface area contributed by atoms with Crippen LogP contribution in [0.1, 0.15) is 32.6 Å². The number of methoxy groups -OCH3 is 1. The van der Waals surface area contributed by atoms with E-state index in [0.29, 0.717) is 6.10 Å². The molecule has 0 radical (unpaired) electrons. The van der Waals surface area contributed by atoms with Crippen LogP contribution in [0.25, 0.3) is 0 Å². The van der Waals surface area contributed by atoms with Crippen LogP contribution in [0.2, 0.25) is 0 Å². The van der Waals surface area contributed by atoms with Gasteiger partial charge in [-0.25, -0.2) is 0 Å². The maximum atomic E-state index is 6.35. The van der Waals surface area contributed by atoms with Crippen molar-refractivity contribution in [2.75, 3.05) is 26.7 Å². The molecule has 2 fully saturated rings. The Morgan fingerprint density at radius 2 is 1.87 bits per heavy atom. The first-order valence-electron chi connectivity index (χ1n) is 6.16. The van der Waals surface area contributed by atoms with Crippen molar-refractivity contribution < 1.29 is 4.74 Å². The van der Waals surface area contributed by atoms with E-state index in [1.807, 2.05) is 7.11 Å². The summed E-state index contributed by atoms with van der Waals surface area (Å²) < 4.78 is 5.37. The molecule has 1 aliphatic heterocycles. The third-order valence-electron chi connectivity index (χ3n) is 3.94. The molecule has 1 atom stereocenters. The fraction of sp³-hybridized carbons (Fsp3) is 1.00. The number of ether oxygens (including phenoxy) is 1. The smallest absolute Gasteiger partial charge is 0.0595 e. The molecule has 2 rings (SSSR count). The summed E-state index contributed by atoms with van der Waals surface area (Å²) in [5, 5.41) is 0. The summed E-state index contributed by atoms with van der Waals surface area (Å²) in [4.78, 5) is 2.51. The lowest BCUT2D eigenvalue weighted by atomic mass is 9.95. The van der Waals surface area contributed by atoms with E-state index >= 15 is 0 Å². The lowest BCUT2D eigenvalue weighted by Crippen LogP contribution is -2.52. The van der Waals surface area contributed by atoms with Crippen LogP contribution in [0.3, 0.4) is 0 Å². The molecule has 0 spiro atoms. The molecular weight excluding hydrogens is 188 g/mol. The van der Waals surface area contributed by atoms with Crippen LogP contribution in [0.5, 0.6) is 0 Å². The Balaban J connectivity index is 1.76. The first kappa shape index (κ1) is 11.4. The van der Waals surface area contributed by atoms with Gasteiger partial charge in [-0.2, -0.15) is 0 Å². The summed E-state index contributed by atoms with van der Waals surface area (Å²) in [5.41, 5.74) is 6.39. The maximum absolute atomic E-state index is 6.35. The van der Waals surface area contributed by atoms with E-state index in [2.05, 4.69) is 11.8 Å². The number of nitrogens with two attached hydrogens (primary N) is 1. The zero-order chi connectivity index (χ0) is 10.9. The molecule has 15 heavy (non-hydrogen) atoms. The summed E-state index contributed by atoms with van der Waals surface area (Å²) in [7, 11) is 1.82. The van der Waals surface area contributed by atoms with E-state index in [1.54, 1.807) is 0 Å². The number of piperidine rings is 1. The van der Waals surface area contributed by atoms with Crippen LogP contribution in [0.15, 0.2) is 0 Å². The van der Waals surface area contributed by atoms with Gasteiger partial charge in [-0.05, 0) is 38.5 Å². The topological polar surface area (TPSA) is 38.5 Å². The van der Waals surface area contributed by atoms with Crippen molar-refractivity contribution in [3.8, 4) is 0 Å². The third-order valence-corrected chi connectivity index (χ3v) is 3.94. The quantitative estimate of drug-likeness (QED) is 0.761. The highest BCUT2D eigenvalue weighted by molar-refractivity contribution is 4.97. The minimum Gasteiger partial charge on any atom is -0.381 e. The lowest BCUT2D eigenvalue weighted by molar-refractivity contribution is 0.0340. The van der Waals surface area contributed by atoms with Gasteiger partial charge in [0, 0.05) is 32.3 Å². The van der Waals surface area contributed by atoms with Gasteiger partial charge in [-0.3, -0.25) is 0 Å². The lowest BCUT2D eigenvalue weighted by Gasteiger charge is -2.37. The minimum atomic E-state index is 0.0416. The van der Waals surface area contributed by atoms with Crippen molar-refractivity contribution in [2.45, 2.75) is 44.2 Å². The average Bonchev–Trinajstić information content (AvgIpc) is 3.01. The van der Waals surface area contributed by atoms with Gasteiger partial charge in [0.15, 0.2) is 0 Å².